The first-order valence-electron chi connectivity index (χ1n) is 5.81. The number of nitrogens with two attached hydrogens (primary N) is 1. The van der Waals surface area contributed by atoms with Crippen LogP contribution in [-0.4, -0.2) is 44.4 Å². The molecule has 1 unspecified atom stereocenters. The molecule has 0 bridgehead atoms. The highest BCUT2D eigenvalue weighted by Crippen LogP contribution is 2.14. The van der Waals surface area contributed by atoms with Crippen LogP contribution in [0.1, 0.15) is 6.42 Å². The lowest BCUT2D eigenvalue weighted by Crippen LogP contribution is -2.18. The lowest BCUT2D eigenvalue weighted by molar-refractivity contribution is 0.0405. The smallest absolute Gasteiger partial charge is 0.165 e. The molecule has 104 valence electrons. The molecule has 0 saturated heterocycles. The molecule has 0 fully saturated rings. The van der Waals surface area contributed by atoms with Crippen molar-refractivity contribution in [3.63, 3.8) is 0 Å². The van der Waals surface area contributed by atoms with Crippen molar-refractivity contribution in [3.8, 4) is 0 Å². The second-order valence-electron chi connectivity index (χ2n) is 3.70. The maximum absolute atomic E-state index is 9.02. The van der Waals surface area contributed by atoms with Crippen LogP contribution in [0.25, 0.3) is 11.2 Å². The summed E-state index contributed by atoms with van der Waals surface area (Å²) >= 11 is 0. The monoisotopic (exact) mass is 265 g/mol. The molecule has 2 aromatic heterocycles. The van der Waals surface area contributed by atoms with Crippen molar-refractivity contribution in [2.24, 2.45) is 0 Å². The van der Waals surface area contributed by atoms with E-state index in [1.165, 1.54) is 6.33 Å². The van der Waals surface area contributed by atoms with Crippen molar-refractivity contribution < 1.29 is 9.84 Å². The fourth-order valence-electron chi connectivity index (χ4n) is 1.63. The fraction of sp³-hybridized carbons (Fsp3) is 0.417. The van der Waals surface area contributed by atoms with Gasteiger partial charge in [-0.05, 0) is 6.42 Å². The van der Waals surface area contributed by atoms with Gasteiger partial charge in [-0.2, -0.15) is 0 Å². The molecule has 0 aliphatic heterocycles. The quantitative estimate of drug-likeness (QED) is 0.768. The maximum Gasteiger partial charge on any atom is 0.165 e. The van der Waals surface area contributed by atoms with Crippen LogP contribution in [0.5, 0.6) is 0 Å². The van der Waals surface area contributed by atoms with Crippen molar-refractivity contribution >= 4 is 17.0 Å². The van der Waals surface area contributed by atoms with Gasteiger partial charge in [0.1, 0.15) is 11.8 Å². The Morgan fingerprint density at radius 1 is 1.42 bits per heavy atom. The van der Waals surface area contributed by atoms with Crippen molar-refractivity contribution in [3.05, 3.63) is 25.8 Å². The van der Waals surface area contributed by atoms with E-state index in [1.807, 2.05) is 4.57 Å². The highest BCUT2D eigenvalue weighted by atomic mass is 16.5. The summed E-state index contributed by atoms with van der Waals surface area (Å²) in [4.78, 5) is 12.2. The van der Waals surface area contributed by atoms with Gasteiger partial charge >= 0.3 is 0 Å². The van der Waals surface area contributed by atoms with E-state index < -0.39 is 0 Å². The molecule has 1 atom stereocenters. The van der Waals surface area contributed by atoms with E-state index in [4.69, 9.17) is 15.6 Å². The van der Waals surface area contributed by atoms with Crippen LogP contribution in [0, 0.1) is 0 Å². The van der Waals surface area contributed by atoms with E-state index in [2.05, 4.69) is 28.1 Å². The summed E-state index contributed by atoms with van der Waals surface area (Å²) < 4.78 is 6.96. The number of aryl methyl sites for hydroxylation is 1. The van der Waals surface area contributed by atoms with E-state index in [9.17, 15) is 0 Å². The SMILES string of the molecule is C=C.COC(CO)CCn1cnc2c(N)ncnc21. The van der Waals surface area contributed by atoms with E-state index in [-0.39, 0.29) is 12.7 Å². The minimum Gasteiger partial charge on any atom is -0.394 e. The van der Waals surface area contributed by atoms with Gasteiger partial charge < -0.3 is 20.1 Å². The third-order valence-corrected chi connectivity index (χ3v) is 2.66. The molecular weight excluding hydrogens is 246 g/mol. The topological polar surface area (TPSA) is 99.1 Å². The van der Waals surface area contributed by atoms with Crippen LogP contribution < -0.4 is 5.73 Å². The number of nitrogen functional groups attached to an aromatic ring is 1. The number of aromatic nitrogens is 4. The number of methoxy groups -OCH3 is 1. The number of nitrogens with zero attached hydrogens (tertiary/aromatic N) is 4. The summed E-state index contributed by atoms with van der Waals surface area (Å²) in [6.45, 7) is 6.66. The number of fused-ring (bicyclic) bond motifs is 1. The predicted molar refractivity (Wildman–Crippen MR) is 73.5 cm³/mol. The van der Waals surface area contributed by atoms with E-state index in [1.54, 1.807) is 13.4 Å². The molecule has 7 heteroatoms. The molecule has 2 rings (SSSR count). The summed E-state index contributed by atoms with van der Waals surface area (Å²) in [5, 5.41) is 9.02. The number of rotatable bonds is 5. The average molecular weight is 265 g/mol. The predicted octanol–water partition coefficient (Wildman–Crippen LogP) is 0.608. The molecule has 3 N–H and O–H groups in total. The van der Waals surface area contributed by atoms with Crippen LogP contribution in [0.3, 0.4) is 0 Å². The van der Waals surface area contributed by atoms with Gasteiger partial charge in [-0.25, -0.2) is 15.0 Å². The second-order valence-corrected chi connectivity index (χ2v) is 3.70. The average Bonchev–Trinajstić information content (AvgIpc) is 2.87. The number of ether oxygens (including phenoxy) is 1. The maximum atomic E-state index is 9.02. The lowest BCUT2D eigenvalue weighted by atomic mass is 10.2. The third-order valence-electron chi connectivity index (χ3n) is 2.66. The van der Waals surface area contributed by atoms with E-state index >= 15 is 0 Å². The van der Waals surface area contributed by atoms with Crippen LogP contribution in [0.4, 0.5) is 5.82 Å². The van der Waals surface area contributed by atoms with Crippen molar-refractivity contribution in [2.75, 3.05) is 19.5 Å². The summed E-state index contributed by atoms with van der Waals surface area (Å²) in [5.74, 6) is 0.374. The number of imidazole rings is 1. The molecule has 0 saturated carbocycles. The highest BCUT2D eigenvalue weighted by molar-refractivity contribution is 5.80. The van der Waals surface area contributed by atoms with E-state index in [0.29, 0.717) is 29.9 Å². The first-order valence-corrected chi connectivity index (χ1v) is 5.81. The normalized spacial score (nSPS) is 11.9. The number of anilines is 1. The number of aliphatic hydroxyl groups is 1. The standard InChI is InChI=1S/C10H15N5O2.C2H4/c1-17-7(4-16)2-3-15-6-14-8-9(11)12-5-13-10(8)15;1-2/h5-7,16H,2-4H2,1H3,(H2,11,12,13);1-2H2. The molecule has 2 aromatic rings. The van der Waals surface area contributed by atoms with Crippen molar-refractivity contribution in [1.82, 2.24) is 19.5 Å². The Bertz CT molecular complexity index is 510. The first-order chi connectivity index (χ1) is 9.26. The molecule has 0 radical (unpaired) electrons. The van der Waals surface area contributed by atoms with Crippen LogP contribution in [0.2, 0.25) is 0 Å². The summed E-state index contributed by atoms with van der Waals surface area (Å²) in [6, 6.07) is 0. The van der Waals surface area contributed by atoms with Gasteiger partial charge in [0.15, 0.2) is 11.5 Å². The Labute approximate surface area is 111 Å². The molecular formula is C12H19N5O2. The molecule has 7 nitrogen and oxygen atoms in total. The summed E-state index contributed by atoms with van der Waals surface area (Å²) in [5.41, 5.74) is 6.99. The van der Waals surface area contributed by atoms with Gasteiger partial charge in [-0.3, -0.25) is 0 Å². The molecule has 0 spiro atoms. The Balaban J connectivity index is 0.000000861. The molecule has 0 amide bonds. The molecule has 19 heavy (non-hydrogen) atoms. The van der Waals surface area contributed by atoms with Gasteiger partial charge in [-0.1, -0.05) is 0 Å². The molecule has 0 aliphatic carbocycles. The van der Waals surface area contributed by atoms with Gasteiger partial charge in [0, 0.05) is 13.7 Å². The van der Waals surface area contributed by atoms with Gasteiger partial charge in [0.05, 0.1) is 19.0 Å². The number of aliphatic hydroxyl groups excluding tert-OH is 1. The molecule has 0 aromatic carbocycles. The highest BCUT2D eigenvalue weighted by Gasteiger charge is 2.10. The van der Waals surface area contributed by atoms with Crippen LogP contribution >= 0.6 is 0 Å². The third kappa shape index (κ3) is 3.49. The number of hydrogen-bond donors (Lipinski definition) is 2. The minimum atomic E-state index is -0.174. The second kappa shape index (κ2) is 7.45. The van der Waals surface area contributed by atoms with Gasteiger partial charge in [-0.15, -0.1) is 13.2 Å². The Kier molecular flexibility index (Phi) is 5.91. The largest absolute Gasteiger partial charge is 0.394 e. The summed E-state index contributed by atoms with van der Waals surface area (Å²) in [7, 11) is 1.58. The zero-order valence-electron chi connectivity index (χ0n) is 11.0. The fourth-order valence-corrected chi connectivity index (χ4v) is 1.63. The molecule has 0 aliphatic rings. The molecule has 2 heterocycles. The number of hydrogen-bond acceptors (Lipinski definition) is 6. The van der Waals surface area contributed by atoms with Gasteiger partial charge in [0.25, 0.3) is 0 Å². The van der Waals surface area contributed by atoms with Crippen LogP contribution in [-0.2, 0) is 11.3 Å². The van der Waals surface area contributed by atoms with Crippen molar-refractivity contribution in [1.29, 1.82) is 0 Å². The zero-order chi connectivity index (χ0) is 14.3. The Morgan fingerprint density at radius 3 is 2.79 bits per heavy atom. The zero-order valence-corrected chi connectivity index (χ0v) is 11.0. The van der Waals surface area contributed by atoms with Crippen molar-refractivity contribution in [2.45, 2.75) is 19.1 Å². The van der Waals surface area contributed by atoms with Gasteiger partial charge in [0.2, 0.25) is 0 Å². The lowest BCUT2D eigenvalue weighted by Gasteiger charge is -2.12. The van der Waals surface area contributed by atoms with Crippen LogP contribution in [0.15, 0.2) is 25.8 Å². The first kappa shape index (κ1) is 15.1. The summed E-state index contributed by atoms with van der Waals surface area (Å²) in [6.07, 6.45) is 3.59. The Morgan fingerprint density at radius 2 is 2.16 bits per heavy atom. The minimum absolute atomic E-state index is 0.000251. The Hall–Kier alpha value is -1.99. The van der Waals surface area contributed by atoms with E-state index in [0.717, 1.165) is 0 Å².